The predicted octanol–water partition coefficient (Wildman–Crippen LogP) is 2.34. The van der Waals surface area contributed by atoms with Crippen molar-refractivity contribution in [1.82, 2.24) is 9.80 Å². The second-order valence-electron chi connectivity index (χ2n) is 6.67. The molecule has 1 heterocycles. The monoisotopic (exact) mass is 358 g/mol. The zero-order valence-corrected chi connectivity index (χ0v) is 15.4. The molecule has 1 aromatic rings. The Morgan fingerprint density at radius 1 is 1.00 bits per heavy atom. The molecule has 0 radical (unpaired) electrons. The first-order valence-corrected chi connectivity index (χ1v) is 9.09. The number of rotatable bonds is 4. The van der Waals surface area contributed by atoms with Gasteiger partial charge in [-0.3, -0.25) is 9.59 Å². The van der Waals surface area contributed by atoms with Crippen molar-refractivity contribution in [3.05, 3.63) is 35.9 Å². The first kappa shape index (κ1) is 18.3. The van der Waals surface area contributed by atoms with Crippen LogP contribution in [0.25, 0.3) is 0 Å². The first-order valence-electron chi connectivity index (χ1n) is 9.09. The maximum absolute atomic E-state index is 12.8. The molecule has 3 rings (SSSR count). The summed E-state index contributed by atoms with van der Waals surface area (Å²) in [4.78, 5) is 29.2. The van der Waals surface area contributed by atoms with Crippen molar-refractivity contribution < 1.29 is 19.1 Å². The van der Waals surface area contributed by atoms with E-state index in [-0.39, 0.29) is 17.7 Å². The number of carbonyl (C=O) groups excluding carboxylic acids is 2. The van der Waals surface area contributed by atoms with Crippen LogP contribution in [0.15, 0.2) is 30.4 Å². The Morgan fingerprint density at radius 2 is 1.73 bits per heavy atom. The van der Waals surface area contributed by atoms with Gasteiger partial charge in [-0.1, -0.05) is 12.2 Å². The van der Waals surface area contributed by atoms with Gasteiger partial charge >= 0.3 is 0 Å². The average Bonchev–Trinajstić information content (AvgIpc) is 2.73. The Morgan fingerprint density at radius 3 is 2.35 bits per heavy atom. The summed E-state index contributed by atoms with van der Waals surface area (Å²) in [7, 11) is 3.12. The van der Waals surface area contributed by atoms with Crippen molar-refractivity contribution in [2.24, 2.45) is 5.92 Å². The predicted molar refractivity (Wildman–Crippen MR) is 98.5 cm³/mol. The molecule has 1 aliphatic carbocycles. The Labute approximate surface area is 154 Å². The minimum Gasteiger partial charge on any atom is -0.497 e. The smallest absolute Gasteiger partial charge is 0.257 e. The van der Waals surface area contributed by atoms with Gasteiger partial charge in [-0.05, 0) is 31.4 Å². The first-order chi connectivity index (χ1) is 12.6. The quantitative estimate of drug-likeness (QED) is 0.775. The van der Waals surface area contributed by atoms with Crippen LogP contribution in [0.2, 0.25) is 0 Å². The molecule has 1 fully saturated rings. The second-order valence-corrected chi connectivity index (χ2v) is 6.67. The number of hydrogen-bond acceptors (Lipinski definition) is 4. The molecule has 1 aliphatic heterocycles. The Balaban J connectivity index is 1.62. The highest BCUT2D eigenvalue weighted by Crippen LogP contribution is 2.26. The maximum Gasteiger partial charge on any atom is 0.257 e. The van der Waals surface area contributed by atoms with E-state index >= 15 is 0 Å². The molecule has 0 N–H and O–H groups in total. The normalized spacial score (nSPS) is 20.0. The van der Waals surface area contributed by atoms with E-state index in [2.05, 4.69) is 12.2 Å². The molecular formula is C20H26N2O4. The van der Waals surface area contributed by atoms with Gasteiger partial charge in [0.25, 0.3) is 5.91 Å². The van der Waals surface area contributed by atoms with Gasteiger partial charge < -0.3 is 19.3 Å². The standard InChI is InChI=1S/C20H26N2O4/c1-25-16-8-9-17(18(14-16)26-2)20(24)22-12-10-21(11-13-22)19(23)15-6-4-3-5-7-15/h3-4,8-9,14-15H,5-7,10-13H2,1-2H3/t15-/m0/s1. The Kier molecular flexibility index (Phi) is 5.81. The van der Waals surface area contributed by atoms with Crippen molar-refractivity contribution in [3.63, 3.8) is 0 Å². The number of nitrogens with zero attached hydrogens (tertiary/aromatic N) is 2. The zero-order chi connectivity index (χ0) is 18.5. The highest BCUT2D eigenvalue weighted by Gasteiger charge is 2.30. The fraction of sp³-hybridized carbons (Fsp3) is 0.500. The lowest BCUT2D eigenvalue weighted by Gasteiger charge is -2.37. The molecule has 26 heavy (non-hydrogen) atoms. The summed E-state index contributed by atoms with van der Waals surface area (Å²) in [6, 6.07) is 5.20. The van der Waals surface area contributed by atoms with E-state index in [0.717, 1.165) is 19.3 Å². The van der Waals surface area contributed by atoms with Gasteiger partial charge in [0.1, 0.15) is 11.5 Å². The molecule has 0 bridgehead atoms. The number of methoxy groups -OCH3 is 2. The molecule has 2 aliphatic rings. The fourth-order valence-corrected chi connectivity index (χ4v) is 3.55. The van der Waals surface area contributed by atoms with Crippen LogP contribution in [0.4, 0.5) is 0 Å². The van der Waals surface area contributed by atoms with E-state index in [0.29, 0.717) is 43.2 Å². The highest BCUT2D eigenvalue weighted by atomic mass is 16.5. The summed E-state index contributed by atoms with van der Waals surface area (Å²) >= 11 is 0. The number of carbonyl (C=O) groups is 2. The third-order valence-corrected chi connectivity index (χ3v) is 5.14. The van der Waals surface area contributed by atoms with Gasteiger partial charge in [-0.15, -0.1) is 0 Å². The van der Waals surface area contributed by atoms with Crippen LogP contribution in [0.3, 0.4) is 0 Å². The molecular weight excluding hydrogens is 332 g/mol. The van der Waals surface area contributed by atoms with Crippen LogP contribution in [0.1, 0.15) is 29.6 Å². The molecule has 0 spiro atoms. The van der Waals surface area contributed by atoms with Gasteiger partial charge in [0, 0.05) is 38.2 Å². The third kappa shape index (κ3) is 3.84. The number of hydrogen-bond donors (Lipinski definition) is 0. The lowest BCUT2D eigenvalue weighted by Crippen LogP contribution is -2.52. The number of amides is 2. The van der Waals surface area contributed by atoms with E-state index in [9.17, 15) is 9.59 Å². The molecule has 6 heteroatoms. The molecule has 6 nitrogen and oxygen atoms in total. The lowest BCUT2D eigenvalue weighted by molar-refractivity contribution is -0.137. The number of allylic oxidation sites excluding steroid dienone is 2. The third-order valence-electron chi connectivity index (χ3n) is 5.14. The molecule has 0 saturated carbocycles. The van der Waals surface area contributed by atoms with Crippen LogP contribution in [0.5, 0.6) is 11.5 Å². The van der Waals surface area contributed by atoms with Gasteiger partial charge in [0.05, 0.1) is 19.8 Å². The van der Waals surface area contributed by atoms with Crippen LogP contribution < -0.4 is 9.47 Å². The van der Waals surface area contributed by atoms with Crippen molar-refractivity contribution in [2.75, 3.05) is 40.4 Å². The highest BCUT2D eigenvalue weighted by molar-refractivity contribution is 5.97. The molecule has 1 aromatic carbocycles. The molecule has 140 valence electrons. The fourth-order valence-electron chi connectivity index (χ4n) is 3.55. The van der Waals surface area contributed by atoms with E-state index in [1.165, 1.54) is 0 Å². The lowest BCUT2D eigenvalue weighted by atomic mass is 9.93. The topological polar surface area (TPSA) is 59.1 Å². The van der Waals surface area contributed by atoms with Crippen molar-refractivity contribution in [1.29, 1.82) is 0 Å². The zero-order valence-electron chi connectivity index (χ0n) is 15.4. The van der Waals surface area contributed by atoms with Crippen LogP contribution in [-0.4, -0.2) is 62.0 Å². The molecule has 0 unspecified atom stereocenters. The van der Waals surface area contributed by atoms with Crippen LogP contribution >= 0.6 is 0 Å². The van der Waals surface area contributed by atoms with E-state index in [1.54, 1.807) is 37.3 Å². The van der Waals surface area contributed by atoms with E-state index in [1.807, 2.05) is 4.90 Å². The van der Waals surface area contributed by atoms with Gasteiger partial charge in [0.2, 0.25) is 5.91 Å². The Hall–Kier alpha value is -2.50. The van der Waals surface area contributed by atoms with E-state index < -0.39 is 0 Å². The van der Waals surface area contributed by atoms with Crippen molar-refractivity contribution in [3.8, 4) is 11.5 Å². The maximum atomic E-state index is 12.8. The number of piperazine rings is 1. The summed E-state index contributed by atoms with van der Waals surface area (Å²) in [5.74, 6) is 1.40. The second kappa shape index (κ2) is 8.25. The molecule has 1 saturated heterocycles. The van der Waals surface area contributed by atoms with Gasteiger partial charge in [-0.2, -0.15) is 0 Å². The summed E-state index contributed by atoms with van der Waals surface area (Å²) in [5.41, 5.74) is 0.519. The Bertz CT molecular complexity index is 693. The SMILES string of the molecule is COc1ccc(C(=O)N2CCN(C(=O)[C@H]3CC=CCC3)CC2)c(OC)c1. The minimum atomic E-state index is -0.0720. The average molecular weight is 358 g/mol. The van der Waals surface area contributed by atoms with E-state index in [4.69, 9.17) is 9.47 Å². The van der Waals surface area contributed by atoms with Crippen LogP contribution in [0, 0.1) is 5.92 Å². The minimum absolute atomic E-state index is 0.0720. The molecule has 1 atom stereocenters. The van der Waals surface area contributed by atoms with Crippen molar-refractivity contribution in [2.45, 2.75) is 19.3 Å². The van der Waals surface area contributed by atoms with Crippen molar-refractivity contribution >= 4 is 11.8 Å². The molecule has 0 aromatic heterocycles. The van der Waals surface area contributed by atoms with Gasteiger partial charge in [0.15, 0.2) is 0 Å². The van der Waals surface area contributed by atoms with Crippen LogP contribution in [-0.2, 0) is 4.79 Å². The largest absolute Gasteiger partial charge is 0.497 e. The van der Waals surface area contributed by atoms with Gasteiger partial charge in [-0.25, -0.2) is 0 Å². The number of benzene rings is 1. The number of ether oxygens (including phenoxy) is 2. The summed E-state index contributed by atoms with van der Waals surface area (Å²) in [6.45, 7) is 2.26. The molecule has 2 amide bonds. The summed E-state index contributed by atoms with van der Waals surface area (Å²) < 4.78 is 10.5. The summed E-state index contributed by atoms with van der Waals surface area (Å²) in [5, 5.41) is 0. The summed E-state index contributed by atoms with van der Waals surface area (Å²) in [6.07, 6.45) is 6.98.